The number of carboxylic acids is 1. The first-order chi connectivity index (χ1) is 8.36. The first kappa shape index (κ1) is 12.6. The van der Waals surface area contributed by atoms with Crippen molar-refractivity contribution in [1.29, 1.82) is 0 Å². The molecule has 6 nitrogen and oxygen atoms in total. The molecule has 1 aromatic rings. The van der Waals surface area contributed by atoms with Crippen molar-refractivity contribution >= 4 is 11.9 Å². The molecule has 1 aromatic heterocycles. The van der Waals surface area contributed by atoms with Gasteiger partial charge in [0.25, 0.3) is 5.91 Å². The Labute approximate surface area is 105 Å². The smallest absolute Gasteiger partial charge is 0.329 e. The van der Waals surface area contributed by atoms with Crippen LogP contribution in [0.3, 0.4) is 0 Å². The second-order valence-electron chi connectivity index (χ2n) is 5.00. The minimum atomic E-state index is -1.18. The second-order valence-corrected chi connectivity index (χ2v) is 5.00. The lowest BCUT2D eigenvalue weighted by molar-refractivity contribution is -0.144. The fourth-order valence-electron chi connectivity index (χ4n) is 2.02. The number of aromatic nitrogens is 2. The monoisotopic (exact) mass is 251 g/mol. The largest absolute Gasteiger partial charge is 0.480 e. The highest BCUT2D eigenvalue weighted by atomic mass is 16.4. The lowest BCUT2D eigenvalue weighted by Gasteiger charge is -2.26. The lowest BCUT2D eigenvalue weighted by Crippen LogP contribution is -2.54. The summed E-state index contributed by atoms with van der Waals surface area (Å²) in [7, 11) is 1.74. The van der Waals surface area contributed by atoms with Crippen LogP contribution in [-0.2, 0) is 11.8 Å². The molecular weight excluding hydrogens is 234 g/mol. The van der Waals surface area contributed by atoms with Crippen LogP contribution in [0.1, 0.15) is 35.8 Å². The molecule has 1 fully saturated rings. The third kappa shape index (κ3) is 1.98. The van der Waals surface area contributed by atoms with Crippen molar-refractivity contribution in [2.24, 2.45) is 13.0 Å². The van der Waals surface area contributed by atoms with E-state index in [0.717, 1.165) is 18.5 Å². The van der Waals surface area contributed by atoms with E-state index in [1.165, 1.54) is 6.20 Å². The fourth-order valence-corrected chi connectivity index (χ4v) is 2.02. The van der Waals surface area contributed by atoms with Gasteiger partial charge in [0.15, 0.2) is 0 Å². The zero-order chi connectivity index (χ0) is 13.5. The minimum Gasteiger partial charge on any atom is -0.480 e. The summed E-state index contributed by atoms with van der Waals surface area (Å²) >= 11 is 0. The predicted molar refractivity (Wildman–Crippen MR) is 64.2 cm³/mol. The van der Waals surface area contributed by atoms with E-state index in [1.807, 2.05) is 0 Å². The van der Waals surface area contributed by atoms with Gasteiger partial charge < -0.3 is 10.4 Å². The predicted octanol–water partition coefficient (Wildman–Crippen LogP) is 0.712. The number of hydrogen-bond donors (Lipinski definition) is 2. The van der Waals surface area contributed by atoms with Crippen LogP contribution in [0.15, 0.2) is 6.20 Å². The van der Waals surface area contributed by atoms with E-state index in [2.05, 4.69) is 10.4 Å². The van der Waals surface area contributed by atoms with Gasteiger partial charge in [0.2, 0.25) is 0 Å². The standard InChI is InChI=1S/C12H17N3O3/c1-7-9(6-13-15(7)3)10(16)14-12(2,11(17)18)8-4-5-8/h6,8H,4-5H2,1-3H3,(H,14,16)(H,17,18). The summed E-state index contributed by atoms with van der Waals surface area (Å²) < 4.78 is 1.59. The van der Waals surface area contributed by atoms with Crippen molar-refractivity contribution in [3.8, 4) is 0 Å². The van der Waals surface area contributed by atoms with Crippen molar-refractivity contribution in [2.75, 3.05) is 0 Å². The second kappa shape index (κ2) is 4.12. The Bertz CT molecular complexity index is 505. The number of hydrogen-bond acceptors (Lipinski definition) is 3. The summed E-state index contributed by atoms with van der Waals surface area (Å²) in [5.74, 6) is -1.34. The molecule has 98 valence electrons. The summed E-state index contributed by atoms with van der Waals surface area (Å²) in [6.07, 6.45) is 3.14. The minimum absolute atomic E-state index is 0.0240. The van der Waals surface area contributed by atoms with E-state index in [-0.39, 0.29) is 11.8 Å². The number of nitrogens with one attached hydrogen (secondary N) is 1. The summed E-state index contributed by atoms with van der Waals surface area (Å²) in [4.78, 5) is 23.4. The Morgan fingerprint density at radius 3 is 2.56 bits per heavy atom. The molecule has 1 saturated carbocycles. The zero-order valence-electron chi connectivity index (χ0n) is 10.7. The van der Waals surface area contributed by atoms with Crippen LogP contribution >= 0.6 is 0 Å². The summed E-state index contributed by atoms with van der Waals surface area (Å²) in [6, 6.07) is 0. The number of nitrogens with zero attached hydrogens (tertiary/aromatic N) is 2. The Hall–Kier alpha value is -1.85. The third-order valence-electron chi connectivity index (χ3n) is 3.69. The van der Waals surface area contributed by atoms with Crippen molar-refractivity contribution in [3.63, 3.8) is 0 Å². The van der Waals surface area contributed by atoms with Crippen LogP contribution in [0.5, 0.6) is 0 Å². The first-order valence-electron chi connectivity index (χ1n) is 5.90. The normalized spacial score (nSPS) is 18.2. The number of amides is 1. The van der Waals surface area contributed by atoms with Crippen molar-refractivity contribution in [2.45, 2.75) is 32.2 Å². The molecule has 1 unspecified atom stereocenters. The van der Waals surface area contributed by atoms with E-state index in [4.69, 9.17) is 0 Å². The average Bonchev–Trinajstić information content (AvgIpc) is 3.08. The van der Waals surface area contributed by atoms with Crippen molar-refractivity contribution in [3.05, 3.63) is 17.5 Å². The number of rotatable bonds is 4. The van der Waals surface area contributed by atoms with Gasteiger partial charge >= 0.3 is 5.97 Å². The quantitative estimate of drug-likeness (QED) is 0.825. The number of carbonyl (C=O) groups is 2. The van der Waals surface area contributed by atoms with Gasteiger partial charge in [-0.05, 0) is 32.6 Å². The molecule has 0 bridgehead atoms. The molecule has 6 heteroatoms. The molecule has 2 rings (SSSR count). The Balaban J connectivity index is 2.20. The van der Waals surface area contributed by atoms with Gasteiger partial charge in [-0.1, -0.05) is 0 Å². The molecule has 1 heterocycles. The Morgan fingerprint density at radius 2 is 2.17 bits per heavy atom. The van der Waals surface area contributed by atoms with Gasteiger partial charge in [0, 0.05) is 12.7 Å². The summed E-state index contributed by atoms with van der Waals surface area (Å²) in [5, 5.41) is 15.9. The van der Waals surface area contributed by atoms with Crippen LogP contribution in [0.25, 0.3) is 0 Å². The number of carboxylic acid groups (broad SMARTS) is 1. The molecule has 0 radical (unpaired) electrons. The molecule has 1 atom stereocenters. The number of aliphatic carboxylic acids is 1. The van der Waals surface area contributed by atoms with Gasteiger partial charge in [-0.15, -0.1) is 0 Å². The number of aryl methyl sites for hydroxylation is 1. The van der Waals surface area contributed by atoms with Gasteiger partial charge in [0.1, 0.15) is 5.54 Å². The molecule has 0 saturated heterocycles. The summed E-state index contributed by atoms with van der Waals surface area (Å²) in [6.45, 7) is 3.34. The highest BCUT2D eigenvalue weighted by molar-refractivity contribution is 5.98. The molecule has 2 N–H and O–H groups in total. The average molecular weight is 251 g/mol. The van der Waals surface area contributed by atoms with Crippen LogP contribution in [0.4, 0.5) is 0 Å². The van der Waals surface area contributed by atoms with E-state index in [0.29, 0.717) is 5.56 Å². The molecule has 1 amide bonds. The Morgan fingerprint density at radius 1 is 1.56 bits per heavy atom. The SMILES string of the molecule is Cc1c(C(=O)NC(C)(C(=O)O)C2CC2)cnn1C. The highest BCUT2D eigenvalue weighted by Crippen LogP contribution is 2.39. The molecule has 0 aromatic carbocycles. The van der Waals surface area contributed by atoms with Crippen LogP contribution in [0, 0.1) is 12.8 Å². The molecule has 1 aliphatic carbocycles. The van der Waals surface area contributed by atoms with Crippen molar-refractivity contribution in [1.82, 2.24) is 15.1 Å². The zero-order valence-corrected chi connectivity index (χ0v) is 10.7. The highest BCUT2D eigenvalue weighted by Gasteiger charge is 2.48. The fraction of sp³-hybridized carbons (Fsp3) is 0.583. The van der Waals surface area contributed by atoms with Crippen molar-refractivity contribution < 1.29 is 14.7 Å². The molecule has 0 spiro atoms. The van der Waals surface area contributed by atoms with E-state index < -0.39 is 11.5 Å². The number of carbonyl (C=O) groups excluding carboxylic acids is 1. The maximum Gasteiger partial charge on any atom is 0.329 e. The summed E-state index contributed by atoms with van der Waals surface area (Å²) in [5.41, 5.74) is -0.0408. The van der Waals surface area contributed by atoms with Gasteiger partial charge in [-0.25, -0.2) is 4.79 Å². The Kier molecular flexibility index (Phi) is 2.88. The maximum atomic E-state index is 12.1. The molecule has 18 heavy (non-hydrogen) atoms. The van der Waals surface area contributed by atoms with Crippen LogP contribution < -0.4 is 5.32 Å². The van der Waals surface area contributed by atoms with Gasteiger partial charge in [0.05, 0.1) is 11.8 Å². The molecular formula is C12H17N3O3. The topological polar surface area (TPSA) is 84.2 Å². The third-order valence-corrected chi connectivity index (χ3v) is 3.69. The maximum absolute atomic E-state index is 12.1. The van der Waals surface area contributed by atoms with Gasteiger partial charge in [-0.2, -0.15) is 5.10 Å². The van der Waals surface area contributed by atoms with Gasteiger partial charge in [-0.3, -0.25) is 9.48 Å². The molecule has 1 aliphatic rings. The first-order valence-corrected chi connectivity index (χ1v) is 5.90. The van der Waals surface area contributed by atoms with E-state index in [9.17, 15) is 14.7 Å². The van der Waals surface area contributed by atoms with Crippen LogP contribution in [0.2, 0.25) is 0 Å². The molecule has 0 aliphatic heterocycles. The lowest BCUT2D eigenvalue weighted by atomic mass is 9.95. The van der Waals surface area contributed by atoms with E-state index in [1.54, 1.807) is 25.6 Å². The van der Waals surface area contributed by atoms with Crippen LogP contribution in [-0.4, -0.2) is 32.3 Å². The van der Waals surface area contributed by atoms with E-state index >= 15 is 0 Å².